The molecule has 78 valence electrons. The Hall–Kier alpha value is 0.310. The van der Waals surface area contributed by atoms with Crippen molar-refractivity contribution in [3.05, 3.63) is 0 Å². The summed E-state index contributed by atoms with van der Waals surface area (Å²) in [5.41, 5.74) is 6.23. The molecule has 0 aromatic heterocycles. The molecule has 1 aliphatic rings. The van der Waals surface area contributed by atoms with Gasteiger partial charge < -0.3 is 5.73 Å². The number of thioether (sulfide) groups is 1. The Labute approximate surface area is 86.8 Å². The van der Waals surface area contributed by atoms with Crippen molar-refractivity contribution in [1.29, 1.82) is 0 Å². The Balaban J connectivity index is 2.24. The SMILES string of the molecule is CCCCCC(N)C1(C)CCCS1. The number of unbranched alkanes of at least 4 members (excludes halogenated alkanes) is 2. The first-order valence-electron chi connectivity index (χ1n) is 5.58. The topological polar surface area (TPSA) is 26.0 Å². The normalized spacial score (nSPS) is 30.7. The van der Waals surface area contributed by atoms with Crippen molar-refractivity contribution in [1.82, 2.24) is 0 Å². The molecule has 1 fully saturated rings. The average molecular weight is 201 g/mol. The van der Waals surface area contributed by atoms with Gasteiger partial charge >= 0.3 is 0 Å². The maximum atomic E-state index is 6.23. The number of nitrogens with two attached hydrogens (primary N) is 1. The van der Waals surface area contributed by atoms with Crippen molar-refractivity contribution in [2.24, 2.45) is 5.73 Å². The quantitative estimate of drug-likeness (QED) is 0.691. The molecule has 0 aromatic carbocycles. The highest BCUT2D eigenvalue weighted by Crippen LogP contribution is 2.40. The average Bonchev–Trinajstić information content (AvgIpc) is 2.54. The molecule has 1 rings (SSSR count). The fraction of sp³-hybridized carbons (Fsp3) is 1.00. The smallest absolute Gasteiger partial charge is 0.0283 e. The molecule has 1 nitrogen and oxygen atoms in total. The molecule has 0 aromatic rings. The predicted octanol–water partition coefficient (Wildman–Crippen LogP) is 3.18. The van der Waals surface area contributed by atoms with Gasteiger partial charge in [-0.25, -0.2) is 0 Å². The van der Waals surface area contributed by atoms with Crippen LogP contribution in [0.15, 0.2) is 0 Å². The standard InChI is InChI=1S/C11H23NS/c1-3-4-5-7-10(12)11(2)8-6-9-13-11/h10H,3-9,12H2,1-2H3. The molecule has 0 amide bonds. The van der Waals surface area contributed by atoms with Crippen LogP contribution < -0.4 is 5.73 Å². The lowest BCUT2D eigenvalue weighted by atomic mass is 9.92. The van der Waals surface area contributed by atoms with Crippen molar-refractivity contribution in [3.63, 3.8) is 0 Å². The second kappa shape index (κ2) is 5.26. The zero-order valence-electron chi connectivity index (χ0n) is 9.01. The van der Waals surface area contributed by atoms with E-state index in [1.807, 2.05) is 0 Å². The largest absolute Gasteiger partial charge is 0.326 e. The molecular formula is C11H23NS. The van der Waals surface area contributed by atoms with Crippen molar-refractivity contribution in [2.45, 2.75) is 63.2 Å². The fourth-order valence-corrected chi connectivity index (χ4v) is 3.39. The molecule has 0 radical (unpaired) electrons. The first-order valence-corrected chi connectivity index (χ1v) is 6.57. The molecule has 1 aliphatic heterocycles. The summed E-state index contributed by atoms with van der Waals surface area (Å²) in [6, 6.07) is 0.423. The Morgan fingerprint density at radius 3 is 2.77 bits per heavy atom. The van der Waals surface area contributed by atoms with E-state index in [1.54, 1.807) is 0 Å². The fourth-order valence-electron chi connectivity index (χ4n) is 2.01. The Kier molecular flexibility index (Phi) is 4.60. The van der Waals surface area contributed by atoms with E-state index >= 15 is 0 Å². The lowest BCUT2D eigenvalue weighted by Crippen LogP contribution is -2.41. The molecule has 2 unspecified atom stereocenters. The molecule has 0 spiro atoms. The molecule has 0 bridgehead atoms. The highest BCUT2D eigenvalue weighted by atomic mass is 32.2. The van der Waals surface area contributed by atoms with Gasteiger partial charge in [-0.15, -0.1) is 0 Å². The van der Waals surface area contributed by atoms with Crippen molar-refractivity contribution in [2.75, 3.05) is 5.75 Å². The van der Waals surface area contributed by atoms with E-state index in [1.165, 1.54) is 44.3 Å². The van der Waals surface area contributed by atoms with Crippen LogP contribution in [0.4, 0.5) is 0 Å². The van der Waals surface area contributed by atoms with Crippen molar-refractivity contribution >= 4 is 11.8 Å². The minimum atomic E-state index is 0.397. The van der Waals surface area contributed by atoms with Gasteiger partial charge in [-0.1, -0.05) is 26.2 Å². The molecule has 0 aliphatic carbocycles. The van der Waals surface area contributed by atoms with Gasteiger partial charge in [0.15, 0.2) is 0 Å². The van der Waals surface area contributed by atoms with E-state index < -0.39 is 0 Å². The molecule has 1 saturated heterocycles. The van der Waals surface area contributed by atoms with E-state index in [9.17, 15) is 0 Å². The van der Waals surface area contributed by atoms with E-state index in [0.29, 0.717) is 10.8 Å². The van der Waals surface area contributed by atoms with Gasteiger partial charge in [-0.05, 0) is 31.9 Å². The van der Waals surface area contributed by atoms with Gasteiger partial charge in [0.1, 0.15) is 0 Å². The highest BCUT2D eigenvalue weighted by Gasteiger charge is 2.34. The summed E-state index contributed by atoms with van der Waals surface area (Å²) in [5.74, 6) is 1.32. The number of hydrogen-bond acceptors (Lipinski definition) is 2. The maximum Gasteiger partial charge on any atom is 0.0283 e. The van der Waals surface area contributed by atoms with Crippen LogP contribution in [0.5, 0.6) is 0 Å². The summed E-state index contributed by atoms with van der Waals surface area (Å²) in [4.78, 5) is 0. The van der Waals surface area contributed by atoms with Gasteiger partial charge in [-0.3, -0.25) is 0 Å². The van der Waals surface area contributed by atoms with Crippen LogP contribution >= 0.6 is 11.8 Å². The number of rotatable bonds is 5. The second-order valence-corrected chi connectivity index (χ2v) is 6.00. The second-order valence-electron chi connectivity index (χ2n) is 4.37. The zero-order chi connectivity index (χ0) is 9.73. The summed E-state index contributed by atoms with van der Waals surface area (Å²) >= 11 is 2.09. The Morgan fingerprint density at radius 2 is 2.23 bits per heavy atom. The summed E-state index contributed by atoms with van der Waals surface area (Å²) < 4.78 is 0.397. The van der Waals surface area contributed by atoms with Gasteiger partial charge in [-0.2, -0.15) is 11.8 Å². The first-order chi connectivity index (χ1) is 6.19. The Bertz CT molecular complexity index is 141. The van der Waals surface area contributed by atoms with Crippen LogP contribution in [0.2, 0.25) is 0 Å². The summed E-state index contributed by atoms with van der Waals surface area (Å²) in [6.45, 7) is 4.60. The predicted molar refractivity (Wildman–Crippen MR) is 62.2 cm³/mol. The highest BCUT2D eigenvalue weighted by molar-refractivity contribution is 8.00. The minimum Gasteiger partial charge on any atom is -0.326 e. The monoisotopic (exact) mass is 201 g/mol. The Morgan fingerprint density at radius 1 is 1.46 bits per heavy atom. The van der Waals surface area contributed by atoms with Crippen LogP contribution in [-0.2, 0) is 0 Å². The van der Waals surface area contributed by atoms with Crippen molar-refractivity contribution in [3.8, 4) is 0 Å². The summed E-state index contributed by atoms with van der Waals surface area (Å²) in [7, 11) is 0. The molecular weight excluding hydrogens is 178 g/mol. The van der Waals surface area contributed by atoms with Crippen molar-refractivity contribution < 1.29 is 0 Å². The maximum absolute atomic E-state index is 6.23. The van der Waals surface area contributed by atoms with Crippen LogP contribution in [-0.4, -0.2) is 16.5 Å². The van der Waals surface area contributed by atoms with Crippen LogP contribution in [0.25, 0.3) is 0 Å². The van der Waals surface area contributed by atoms with E-state index in [-0.39, 0.29) is 0 Å². The van der Waals surface area contributed by atoms with Gasteiger partial charge in [0, 0.05) is 10.8 Å². The summed E-state index contributed by atoms with van der Waals surface area (Å²) in [5, 5.41) is 0. The lowest BCUT2D eigenvalue weighted by molar-refractivity contribution is 0.442. The third-order valence-corrected chi connectivity index (χ3v) is 4.81. The van der Waals surface area contributed by atoms with Gasteiger partial charge in [0.25, 0.3) is 0 Å². The molecule has 13 heavy (non-hydrogen) atoms. The molecule has 2 heteroatoms. The molecule has 0 saturated carbocycles. The third-order valence-electron chi connectivity index (χ3n) is 3.15. The van der Waals surface area contributed by atoms with E-state index in [4.69, 9.17) is 5.73 Å². The van der Waals surface area contributed by atoms with E-state index in [0.717, 1.165) is 0 Å². The lowest BCUT2D eigenvalue weighted by Gasteiger charge is -2.30. The molecule has 2 atom stereocenters. The number of hydrogen-bond donors (Lipinski definition) is 1. The molecule has 2 N–H and O–H groups in total. The third kappa shape index (κ3) is 3.17. The zero-order valence-corrected chi connectivity index (χ0v) is 9.83. The van der Waals surface area contributed by atoms with Gasteiger partial charge in [0.05, 0.1) is 0 Å². The molecule has 1 heterocycles. The van der Waals surface area contributed by atoms with E-state index in [2.05, 4.69) is 25.6 Å². The van der Waals surface area contributed by atoms with Crippen LogP contribution in [0.1, 0.15) is 52.4 Å². The first kappa shape index (κ1) is 11.4. The van der Waals surface area contributed by atoms with Gasteiger partial charge in [0.2, 0.25) is 0 Å². The minimum absolute atomic E-state index is 0.397. The van der Waals surface area contributed by atoms with Crippen LogP contribution in [0, 0.1) is 0 Å². The summed E-state index contributed by atoms with van der Waals surface area (Å²) in [6.07, 6.45) is 7.86. The van der Waals surface area contributed by atoms with Crippen LogP contribution in [0.3, 0.4) is 0 Å².